The Bertz CT molecular complexity index is 187. The van der Waals surface area contributed by atoms with Gasteiger partial charge in [-0.1, -0.05) is 0 Å². The van der Waals surface area contributed by atoms with Crippen LogP contribution in [0.3, 0.4) is 0 Å². The fourth-order valence-electron chi connectivity index (χ4n) is 2.26. The Morgan fingerprint density at radius 2 is 1.59 bits per heavy atom. The number of hydrogen-bond donors (Lipinski definition) is 0. The zero-order chi connectivity index (χ0) is 12.7. The molecule has 102 valence electrons. The Morgan fingerprint density at radius 1 is 0.941 bits per heavy atom. The van der Waals surface area contributed by atoms with Crippen LogP contribution in [0.5, 0.6) is 0 Å². The fourth-order valence-corrected chi connectivity index (χ4v) is 2.26. The molecule has 0 saturated carbocycles. The Kier molecular flexibility index (Phi) is 7.09. The molecule has 3 nitrogen and oxygen atoms in total. The summed E-state index contributed by atoms with van der Waals surface area (Å²) in [7, 11) is 0. The second kappa shape index (κ2) is 8.06. The van der Waals surface area contributed by atoms with Crippen LogP contribution in [0, 0.1) is 0 Å². The minimum atomic E-state index is 0.379. The molecule has 1 saturated heterocycles. The van der Waals surface area contributed by atoms with Crippen LogP contribution < -0.4 is 0 Å². The second-order valence-electron chi connectivity index (χ2n) is 5.60. The first-order chi connectivity index (χ1) is 8.09. The van der Waals surface area contributed by atoms with Crippen LogP contribution in [-0.2, 0) is 4.74 Å². The van der Waals surface area contributed by atoms with Crippen LogP contribution in [0.25, 0.3) is 0 Å². The average molecular weight is 242 g/mol. The van der Waals surface area contributed by atoms with Gasteiger partial charge >= 0.3 is 0 Å². The van der Waals surface area contributed by atoms with E-state index in [-0.39, 0.29) is 0 Å². The van der Waals surface area contributed by atoms with Crippen molar-refractivity contribution in [2.24, 2.45) is 0 Å². The fraction of sp³-hybridized carbons (Fsp3) is 1.00. The van der Waals surface area contributed by atoms with E-state index in [0.29, 0.717) is 12.1 Å². The standard InChI is InChI=1S/C14H30N2O/c1-13(2)16-10-8-15(9-11-16)7-5-6-12-17-14(3)4/h13-14H,5-12H2,1-4H3. The molecule has 1 rings (SSSR count). The number of rotatable bonds is 7. The van der Waals surface area contributed by atoms with Crippen LogP contribution >= 0.6 is 0 Å². The van der Waals surface area contributed by atoms with Crippen molar-refractivity contribution in [3.63, 3.8) is 0 Å². The average Bonchev–Trinajstić information content (AvgIpc) is 2.29. The van der Waals surface area contributed by atoms with E-state index >= 15 is 0 Å². The van der Waals surface area contributed by atoms with E-state index < -0.39 is 0 Å². The summed E-state index contributed by atoms with van der Waals surface area (Å²) in [4.78, 5) is 5.16. The highest BCUT2D eigenvalue weighted by Gasteiger charge is 2.17. The van der Waals surface area contributed by atoms with Gasteiger partial charge in [-0.15, -0.1) is 0 Å². The van der Waals surface area contributed by atoms with Crippen molar-refractivity contribution in [2.75, 3.05) is 39.3 Å². The van der Waals surface area contributed by atoms with Gasteiger partial charge in [0.2, 0.25) is 0 Å². The van der Waals surface area contributed by atoms with Gasteiger partial charge < -0.3 is 9.64 Å². The van der Waals surface area contributed by atoms with E-state index in [4.69, 9.17) is 4.74 Å². The lowest BCUT2D eigenvalue weighted by molar-refractivity contribution is 0.0701. The van der Waals surface area contributed by atoms with Gasteiger partial charge in [-0.3, -0.25) is 4.90 Å². The van der Waals surface area contributed by atoms with Crippen LogP contribution in [0.15, 0.2) is 0 Å². The summed E-state index contributed by atoms with van der Waals surface area (Å²) in [5.41, 5.74) is 0. The molecular formula is C14H30N2O. The number of hydrogen-bond acceptors (Lipinski definition) is 3. The molecule has 0 radical (unpaired) electrons. The number of unbranched alkanes of at least 4 members (excludes halogenated alkanes) is 1. The lowest BCUT2D eigenvalue weighted by atomic mass is 10.2. The number of ether oxygens (including phenoxy) is 1. The highest BCUT2D eigenvalue weighted by atomic mass is 16.5. The molecular weight excluding hydrogens is 212 g/mol. The molecule has 17 heavy (non-hydrogen) atoms. The summed E-state index contributed by atoms with van der Waals surface area (Å²) in [6, 6.07) is 0.705. The first-order valence-corrected chi connectivity index (χ1v) is 7.17. The van der Waals surface area contributed by atoms with Gasteiger partial charge in [-0.05, 0) is 47.1 Å². The van der Waals surface area contributed by atoms with E-state index in [2.05, 4.69) is 37.5 Å². The van der Waals surface area contributed by atoms with Crippen LogP contribution in [-0.4, -0.2) is 61.3 Å². The molecule has 0 amide bonds. The molecule has 0 unspecified atom stereocenters. The normalized spacial score (nSPS) is 19.4. The van der Waals surface area contributed by atoms with E-state index in [9.17, 15) is 0 Å². The summed E-state index contributed by atoms with van der Waals surface area (Å²) < 4.78 is 5.55. The molecule has 0 N–H and O–H groups in total. The Morgan fingerprint density at radius 3 is 2.12 bits per heavy atom. The van der Waals surface area contributed by atoms with Crippen molar-refractivity contribution in [1.29, 1.82) is 0 Å². The van der Waals surface area contributed by atoms with Crippen LogP contribution in [0.1, 0.15) is 40.5 Å². The zero-order valence-corrected chi connectivity index (χ0v) is 12.1. The third kappa shape index (κ3) is 6.39. The molecule has 0 aromatic carbocycles. The smallest absolute Gasteiger partial charge is 0.0518 e. The van der Waals surface area contributed by atoms with Crippen molar-refractivity contribution in [1.82, 2.24) is 9.80 Å². The maximum atomic E-state index is 5.55. The zero-order valence-electron chi connectivity index (χ0n) is 12.1. The Balaban J connectivity index is 1.99. The predicted molar refractivity (Wildman–Crippen MR) is 73.5 cm³/mol. The summed E-state index contributed by atoms with van der Waals surface area (Å²) in [5, 5.41) is 0. The van der Waals surface area contributed by atoms with Crippen LogP contribution in [0.2, 0.25) is 0 Å². The van der Waals surface area contributed by atoms with Crippen molar-refractivity contribution >= 4 is 0 Å². The molecule has 1 aliphatic heterocycles. The predicted octanol–water partition coefficient (Wildman–Crippen LogP) is 2.22. The van der Waals surface area contributed by atoms with Gasteiger partial charge in [-0.2, -0.15) is 0 Å². The third-order valence-corrected chi connectivity index (χ3v) is 3.46. The molecule has 3 heteroatoms. The summed E-state index contributed by atoms with van der Waals surface area (Å²) in [5.74, 6) is 0. The lowest BCUT2D eigenvalue weighted by Crippen LogP contribution is -2.48. The van der Waals surface area contributed by atoms with Crippen LogP contribution in [0.4, 0.5) is 0 Å². The van der Waals surface area contributed by atoms with E-state index in [1.807, 2.05) is 0 Å². The molecule has 0 aromatic heterocycles. The third-order valence-electron chi connectivity index (χ3n) is 3.46. The van der Waals surface area contributed by atoms with E-state index in [1.165, 1.54) is 45.6 Å². The van der Waals surface area contributed by atoms with Gasteiger partial charge in [0.25, 0.3) is 0 Å². The number of piperazine rings is 1. The largest absolute Gasteiger partial charge is 0.379 e. The van der Waals surface area contributed by atoms with Crippen molar-refractivity contribution in [2.45, 2.75) is 52.7 Å². The summed E-state index contributed by atoms with van der Waals surface area (Å²) in [6.07, 6.45) is 2.85. The van der Waals surface area contributed by atoms with E-state index in [0.717, 1.165) is 6.61 Å². The minimum absolute atomic E-state index is 0.379. The molecule has 1 fully saturated rings. The van der Waals surface area contributed by atoms with Gasteiger partial charge in [0.15, 0.2) is 0 Å². The Hall–Kier alpha value is -0.120. The summed E-state index contributed by atoms with van der Waals surface area (Å²) >= 11 is 0. The Labute approximate surface area is 107 Å². The minimum Gasteiger partial charge on any atom is -0.379 e. The monoisotopic (exact) mass is 242 g/mol. The molecule has 0 aliphatic carbocycles. The maximum Gasteiger partial charge on any atom is 0.0518 e. The lowest BCUT2D eigenvalue weighted by Gasteiger charge is -2.36. The quantitative estimate of drug-likeness (QED) is 0.637. The topological polar surface area (TPSA) is 15.7 Å². The molecule has 0 bridgehead atoms. The number of nitrogens with zero attached hydrogens (tertiary/aromatic N) is 2. The molecule has 0 aromatic rings. The highest BCUT2D eigenvalue weighted by Crippen LogP contribution is 2.07. The van der Waals surface area contributed by atoms with Gasteiger partial charge in [0, 0.05) is 38.8 Å². The van der Waals surface area contributed by atoms with Crippen molar-refractivity contribution in [3.05, 3.63) is 0 Å². The highest BCUT2D eigenvalue weighted by molar-refractivity contribution is 4.73. The maximum absolute atomic E-state index is 5.55. The molecule has 1 aliphatic rings. The second-order valence-corrected chi connectivity index (χ2v) is 5.60. The van der Waals surface area contributed by atoms with Crippen molar-refractivity contribution < 1.29 is 4.74 Å². The van der Waals surface area contributed by atoms with Gasteiger partial charge in [-0.25, -0.2) is 0 Å². The van der Waals surface area contributed by atoms with Crippen molar-refractivity contribution in [3.8, 4) is 0 Å². The van der Waals surface area contributed by atoms with E-state index in [1.54, 1.807) is 0 Å². The molecule has 0 spiro atoms. The molecule has 0 atom stereocenters. The summed E-state index contributed by atoms with van der Waals surface area (Å²) in [6.45, 7) is 15.9. The van der Waals surface area contributed by atoms with Gasteiger partial charge in [0.05, 0.1) is 6.10 Å². The first-order valence-electron chi connectivity index (χ1n) is 7.17. The first kappa shape index (κ1) is 14.9. The SMILES string of the molecule is CC(C)OCCCCN1CCN(C(C)C)CC1. The van der Waals surface area contributed by atoms with Gasteiger partial charge in [0.1, 0.15) is 0 Å². The molecule has 1 heterocycles.